The summed E-state index contributed by atoms with van der Waals surface area (Å²) in [7, 11) is 6.52. The van der Waals surface area contributed by atoms with E-state index >= 15 is 0 Å². The highest BCUT2D eigenvalue weighted by atomic mass is 32.1. The highest BCUT2D eigenvalue weighted by Gasteiger charge is 2.28. The van der Waals surface area contributed by atoms with Gasteiger partial charge in [-0.05, 0) is 95.5 Å². The molecular weight excluding hydrogens is 580 g/mol. The van der Waals surface area contributed by atoms with Crippen molar-refractivity contribution in [3.8, 4) is 11.5 Å². The quantitative estimate of drug-likeness (QED) is 0.133. The lowest BCUT2D eigenvalue weighted by molar-refractivity contribution is -0.708. The summed E-state index contributed by atoms with van der Waals surface area (Å²) in [6, 6.07) is 14.2. The Morgan fingerprint density at radius 1 is 0.976 bits per heavy atom. The van der Waals surface area contributed by atoms with Crippen LogP contribution >= 0.6 is 23.6 Å². The van der Waals surface area contributed by atoms with Crippen molar-refractivity contribution >= 4 is 51.0 Å². The lowest BCUT2D eigenvalue weighted by Crippen LogP contribution is -2.43. The van der Waals surface area contributed by atoms with Gasteiger partial charge in [-0.3, -0.25) is 15.1 Å². The van der Waals surface area contributed by atoms with Crippen LogP contribution in [-0.4, -0.2) is 49.3 Å². The molecule has 0 radical (unpaired) electrons. The number of aromatic nitrogens is 7. The second kappa shape index (κ2) is 11.5. The Morgan fingerprint density at radius 3 is 2.21 bits per heavy atom. The minimum atomic E-state index is -0.457. The Bertz CT molecular complexity index is 1960. The fraction of sp³-hybridized carbons (Fsp3) is 0.231. The number of guanidine groups is 1. The van der Waals surface area contributed by atoms with Crippen molar-refractivity contribution in [1.82, 2.24) is 29.2 Å². The summed E-state index contributed by atoms with van der Waals surface area (Å²) in [4.78, 5) is 33.2. The van der Waals surface area contributed by atoms with Crippen molar-refractivity contribution in [1.29, 1.82) is 0 Å². The molecule has 2 aromatic carbocycles. The summed E-state index contributed by atoms with van der Waals surface area (Å²) in [5, 5.41) is 13.5. The largest absolute Gasteiger partial charge is 0.497 e. The molecule has 0 spiro atoms. The van der Waals surface area contributed by atoms with Crippen LogP contribution in [0, 0.1) is 18.6 Å². The molecule has 0 saturated carbocycles. The summed E-state index contributed by atoms with van der Waals surface area (Å²) >= 11 is 6.74. The van der Waals surface area contributed by atoms with Crippen LogP contribution in [-0.2, 0) is 14.1 Å². The van der Waals surface area contributed by atoms with E-state index in [1.165, 1.54) is 25.2 Å². The number of benzene rings is 2. The van der Waals surface area contributed by atoms with Gasteiger partial charge in [0, 0.05) is 7.05 Å². The van der Waals surface area contributed by atoms with Crippen LogP contribution in [0.4, 0.5) is 16.5 Å². The molecule has 216 valence electrons. The molecule has 0 fully saturated rings. The first kappa shape index (κ1) is 28.6. The maximum Gasteiger partial charge on any atom is 0.393 e. The second-order valence-corrected chi connectivity index (χ2v) is 10.3. The Labute approximate surface area is 248 Å². The molecular formula is C26H27N10O4S2+. The minimum absolute atomic E-state index is 0.106. The van der Waals surface area contributed by atoms with E-state index in [-0.39, 0.29) is 27.7 Å². The monoisotopic (exact) mass is 607 g/mol. The standard InChI is InChI=1S/C26H27N10O4S2/c1-15-21(37)35(25(41)32(3)28-15)30-23(27-17-7-11-19(39-5)12-8-17)34(18-9-13-20(40-6)14-10-18)24-31-36-22(38)16(2)29-33(4)26(36)42-24/h7-14H,1-6H3,(H,27,30)/q+1. The topological polar surface area (TPSA) is 137 Å². The van der Waals surface area contributed by atoms with Crippen molar-refractivity contribution in [2.75, 3.05) is 24.5 Å². The van der Waals surface area contributed by atoms with E-state index in [2.05, 4.69) is 20.7 Å². The van der Waals surface area contributed by atoms with Gasteiger partial charge in [0.05, 0.1) is 25.6 Å². The maximum absolute atomic E-state index is 13.2. The number of nitrogens with one attached hydrogen (secondary N) is 1. The molecule has 42 heavy (non-hydrogen) atoms. The third kappa shape index (κ3) is 5.36. The van der Waals surface area contributed by atoms with Gasteiger partial charge in [-0.2, -0.15) is 9.77 Å². The molecule has 0 saturated heterocycles. The van der Waals surface area contributed by atoms with Gasteiger partial charge in [0.25, 0.3) is 5.56 Å². The molecule has 3 heterocycles. The van der Waals surface area contributed by atoms with Crippen LogP contribution in [0.5, 0.6) is 11.5 Å². The zero-order valence-electron chi connectivity index (χ0n) is 23.6. The zero-order chi connectivity index (χ0) is 30.1. The average molecular weight is 608 g/mol. The van der Waals surface area contributed by atoms with Gasteiger partial charge in [-0.25, -0.2) is 14.5 Å². The first-order chi connectivity index (χ1) is 20.1. The lowest BCUT2D eigenvalue weighted by Gasteiger charge is -2.24. The number of anilines is 2. The molecule has 0 aliphatic heterocycles. The average Bonchev–Trinajstić information content (AvgIpc) is 3.43. The molecule has 1 N–H and O–H groups in total. The van der Waals surface area contributed by atoms with Crippen molar-refractivity contribution in [3.05, 3.63) is 85.4 Å². The van der Waals surface area contributed by atoms with E-state index < -0.39 is 5.56 Å². The van der Waals surface area contributed by atoms with E-state index in [0.29, 0.717) is 33.0 Å². The normalized spacial score (nSPS) is 11.5. The van der Waals surface area contributed by atoms with E-state index in [1.54, 1.807) is 100 Å². The summed E-state index contributed by atoms with van der Waals surface area (Å²) in [5.41, 5.74) is 3.92. The number of methoxy groups -OCH3 is 2. The van der Waals surface area contributed by atoms with Crippen LogP contribution in [0.25, 0.3) is 4.96 Å². The molecule has 5 rings (SSSR count). The van der Waals surface area contributed by atoms with Gasteiger partial charge in [0.15, 0.2) is 5.69 Å². The van der Waals surface area contributed by atoms with Crippen molar-refractivity contribution in [2.45, 2.75) is 13.8 Å². The number of nitrogens with zero attached hydrogens (tertiary/aromatic N) is 9. The first-order valence-electron chi connectivity index (χ1n) is 12.5. The fourth-order valence-electron chi connectivity index (χ4n) is 4.02. The van der Waals surface area contributed by atoms with Gasteiger partial charge in [0.2, 0.25) is 15.9 Å². The second-order valence-electron chi connectivity index (χ2n) is 9.00. The molecule has 0 atom stereocenters. The Kier molecular flexibility index (Phi) is 7.82. The number of rotatable bonds is 6. The number of ether oxygens (including phenoxy) is 2. The summed E-state index contributed by atoms with van der Waals surface area (Å²) in [6.45, 7) is 3.21. The summed E-state index contributed by atoms with van der Waals surface area (Å²) in [6.07, 6.45) is 0. The minimum Gasteiger partial charge on any atom is -0.497 e. The smallest absolute Gasteiger partial charge is 0.393 e. The molecule has 0 aliphatic rings. The van der Waals surface area contributed by atoms with Gasteiger partial charge in [-0.1, -0.05) is 5.10 Å². The number of hydrogen-bond donors (Lipinski definition) is 1. The predicted octanol–water partition coefficient (Wildman–Crippen LogP) is 2.30. The number of hydrogen-bond acceptors (Lipinski definition) is 10. The summed E-state index contributed by atoms with van der Waals surface area (Å²) < 4.78 is 16.2. The molecule has 16 heteroatoms. The highest BCUT2D eigenvalue weighted by Crippen LogP contribution is 2.31. The van der Waals surface area contributed by atoms with E-state index in [9.17, 15) is 9.59 Å². The van der Waals surface area contributed by atoms with Crippen molar-refractivity contribution in [2.24, 2.45) is 19.1 Å². The van der Waals surface area contributed by atoms with Gasteiger partial charge < -0.3 is 9.47 Å². The Balaban J connectivity index is 1.80. The molecule has 14 nitrogen and oxygen atoms in total. The van der Waals surface area contributed by atoms with Gasteiger partial charge in [-0.15, -0.1) is 4.68 Å². The molecule has 0 unspecified atom stereocenters. The molecule has 3 aromatic heterocycles. The summed E-state index contributed by atoms with van der Waals surface area (Å²) in [5.74, 6) is 1.44. The third-order valence-corrected chi connectivity index (χ3v) is 7.68. The molecule has 0 amide bonds. The van der Waals surface area contributed by atoms with E-state index in [0.717, 1.165) is 0 Å². The van der Waals surface area contributed by atoms with Gasteiger partial charge >= 0.3 is 10.5 Å². The van der Waals surface area contributed by atoms with Gasteiger partial charge in [0.1, 0.15) is 24.2 Å². The first-order valence-corrected chi connectivity index (χ1v) is 13.7. The zero-order valence-corrected chi connectivity index (χ0v) is 25.2. The van der Waals surface area contributed by atoms with Crippen molar-refractivity contribution in [3.63, 3.8) is 0 Å². The van der Waals surface area contributed by atoms with E-state index in [1.807, 2.05) is 0 Å². The van der Waals surface area contributed by atoms with E-state index in [4.69, 9.17) is 26.7 Å². The highest BCUT2D eigenvalue weighted by molar-refractivity contribution is 7.71. The lowest BCUT2D eigenvalue weighted by atomic mass is 10.3. The molecule has 5 aromatic rings. The third-order valence-electron chi connectivity index (χ3n) is 6.16. The van der Waals surface area contributed by atoms with Crippen LogP contribution in [0.2, 0.25) is 0 Å². The SMILES string of the molecule is COc1ccc(N=C(Nn2c(=O)c(C)nn(C)c2=S)N(c2ccc(OC)cc2)c2nn3c(=O)c(C)n[n+](C)c3s2)cc1. The fourth-order valence-corrected chi connectivity index (χ4v) is 5.15. The number of aliphatic imine (C=N–C) groups is 1. The number of fused-ring (bicyclic) bond motifs is 1. The molecule has 0 bridgehead atoms. The number of aryl methyl sites for hydroxylation is 4. The van der Waals surface area contributed by atoms with Crippen LogP contribution in [0.3, 0.4) is 0 Å². The van der Waals surface area contributed by atoms with Crippen LogP contribution in [0.1, 0.15) is 11.4 Å². The van der Waals surface area contributed by atoms with Crippen LogP contribution < -0.4 is 35.6 Å². The maximum atomic E-state index is 13.2. The van der Waals surface area contributed by atoms with Crippen molar-refractivity contribution < 1.29 is 14.2 Å². The Morgan fingerprint density at radius 2 is 1.60 bits per heavy atom. The molecule has 0 aliphatic carbocycles. The Hall–Kier alpha value is -4.96. The van der Waals surface area contributed by atoms with Crippen LogP contribution in [0.15, 0.2) is 63.1 Å². The predicted molar refractivity (Wildman–Crippen MR) is 161 cm³/mol.